The lowest BCUT2D eigenvalue weighted by atomic mass is 10.3. The molecule has 0 aliphatic rings. The molecule has 5 nitrogen and oxygen atoms in total. The van der Waals surface area contributed by atoms with Gasteiger partial charge in [0, 0.05) is 18.0 Å². The number of hydrogen-bond acceptors (Lipinski definition) is 4. The zero-order valence-corrected chi connectivity index (χ0v) is 10.2. The Balaban J connectivity index is 2.00. The summed E-state index contributed by atoms with van der Waals surface area (Å²) in [6.45, 7) is 3.70. The maximum atomic E-state index is 11.6. The van der Waals surface area contributed by atoms with E-state index in [9.17, 15) is 4.79 Å². The number of nitrogens with one attached hydrogen (secondary N) is 1. The van der Waals surface area contributed by atoms with Crippen LogP contribution >= 0.6 is 0 Å². The Morgan fingerprint density at radius 1 is 1.50 bits per heavy atom. The number of carbonyl (C=O) groups is 1. The number of amides is 1. The van der Waals surface area contributed by atoms with Crippen molar-refractivity contribution in [3.63, 3.8) is 0 Å². The number of rotatable bonds is 3. The van der Waals surface area contributed by atoms with Gasteiger partial charge in [-0.15, -0.1) is 0 Å². The number of furan rings is 1. The van der Waals surface area contributed by atoms with Gasteiger partial charge >= 0.3 is 0 Å². The minimum absolute atomic E-state index is 0.294. The first kappa shape index (κ1) is 12.0. The lowest BCUT2D eigenvalue weighted by Gasteiger charge is -1.97. The molecule has 92 valence electrons. The average molecular weight is 243 g/mol. The molecule has 2 heterocycles. The highest BCUT2D eigenvalue weighted by atomic mass is 16.3. The van der Waals surface area contributed by atoms with Crippen molar-refractivity contribution in [2.45, 2.75) is 13.8 Å². The van der Waals surface area contributed by atoms with Crippen molar-refractivity contribution in [2.24, 2.45) is 5.10 Å². The maximum absolute atomic E-state index is 11.6. The molecular formula is C13H13N3O2. The standard InChI is InChI=1S/C13H13N3O2/c1-9-6-12(10(2)18-9)8-15-16-13(17)11-4-3-5-14-7-11/h3-8H,1-2H3,(H,16,17)/b15-8+. The summed E-state index contributed by atoms with van der Waals surface area (Å²) < 4.78 is 5.34. The molecule has 0 saturated carbocycles. The number of nitrogens with zero attached hydrogens (tertiary/aromatic N) is 2. The normalized spacial score (nSPS) is 10.8. The van der Waals surface area contributed by atoms with Gasteiger partial charge in [0.05, 0.1) is 11.8 Å². The monoisotopic (exact) mass is 243 g/mol. The van der Waals surface area contributed by atoms with Gasteiger partial charge in [-0.3, -0.25) is 9.78 Å². The SMILES string of the molecule is Cc1cc(/C=N/NC(=O)c2cccnc2)c(C)o1. The predicted molar refractivity (Wildman–Crippen MR) is 67.5 cm³/mol. The van der Waals surface area contributed by atoms with Crippen LogP contribution in [0.25, 0.3) is 0 Å². The largest absolute Gasteiger partial charge is 0.466 e. The Morgan fingerprint density at radius 3 is 2.94 bits per heavy atom. The Labute approximate surface area is 105 Å². The number of aryl methyl sites for hydroxylation is 2. The third kappa shape index (κ3) is 2.82. The summed E-state index contributed by atoms with van der Waals surface area (Å²) >= 11 is 0. The van der Waals surface area contributed by atoms with Gasteiger partial charge in [-0.2, -0.15) is 5.10 Å². The summed E-state index contributed by atoms with van der Waals surface area (Å²) in [6.07, 6.45) is 4.65. The van der Waals surface area contributed by atoms with Gasteiger partial charge in [0.15, 0.2) is 0 Å². The van der Waals surface area contributed by atoms with Crippen LogP contribution < -0.4 is 5.43 Å². The van der Waals surface area contributed by atoms with Crippen LogP contribution in [0.2, 0.25) is 0 Å². The fourth-order valence-electron chi connectivity index (χ4n) is 1.50. The quantitative estimate of drug-likeness (QED) is 0.662. The van der Waals surface area contributed by atoms with E-state index in [2.05, 4.69) is 15.5 Å². The van der Waals surface area contributed by atoms with E-state index in [1.165, 1.54) is 6.20 Å². The van der Waals surface area contributed by atoms with E-state index in [0.29, 0.717) is 5.56 Å². The topological polar surface area (TPSA) is 67.5 Å². The first-order valence-corrected chi connectivity index (χ1v) is 5.47. The second-order valence-electron chi connectivity index (χ2n) is 3.81. The molecule has 0 unspecified atom stereocenters. The third-order valence-corrected chi connectivity index (χ3v) is 2.37. The van der Waals surface area contributed by atoms with Crippen LogP contribution in [0.4, 0.5) is 0 Å². The molecule has 0 fully saturated rings. The molecule has 0 bridgehead atoms. The van der Waals surface area contributed by atoms with Gasteiger partial charge in [-0.1, -0.05) is 0 Å². The average Bonchev–Trinajstić information content (AvgIpc) is 2.69. The number of hydrogen-bond donors (Lipinski definition) is 1. The predicted octanol–water partition coefficient (Wildman–Crippen LogP) is 2.06. The Morgan fingerprint density at radius 2 is 2.33 bits per heavy atom. The van der Waals surface area contributed by atoms with Crippen molar-refractivity contribution >= 4 is 12.1 Å². The number of carbonyl (C=O) groups excluding carboxylic acids is 1. The highest BCUT2D eigenvalue weighted by Crippen LogP contribution is 2.10. The second-order valence-corrected chi connectivity index (χ2v) is 3.81. The van der Waals surface area contributed by atoms with E-state index in [1.807, 2.05) is 19.9 Å². The van der Waals surface area contributed by atoms with E-state index in [1.54, 1.807) is 24.5 Å². The van der Waals surface area contributed by atoms with Crippen molar-refractivity contribution in [3.8, 4) is 0 Å². The molecule has 18 heavy (non-hydrogen) atoms. The Hall–Kier alpha value is -2.43. The molecule has 0 aliphatic carbocycles. The van der Waals surface area contributed by atoms with Crippen molar-refractivity contribution in [1.29, 1.82) is 0 Å². The lowest BCUT2D eigenvalue weighted by Crippen LogP contribution is -2.17. The molecule has 1 amide bonds. The summed E-state index contributed by atoms with van der Waals surface area (Å²) in [5.41, 5.74) is 3.75. The number of aromatic nitrogens is 1. The molecule has 0 radical (unpaired) electrons. The second kappa shape index (κ2) is 5.27. The zero-order chi connectivity index (χ0) is 13.0. The fraction of sp³-hybridized carbons (Fsp3) is 0.154. The smallest absolute Gasteiger partial charge is 0.272 e. The zero-order valence-electron chi connectivity index (χ0n) is 10.2. The van der Waals surface area contributed by atoms with Crippen LogP contribution in [0.15, 0.2) is 40.1 Å². The van der Waals surface area contributed by atoms with Gasteiger partial charge in [0.2, 0.25) is 0 Å². The molecule has 2 rings (SSSR count). The Kier molecular flexibility index (Phi) is 3.52. The molecule has 2 aromatic rings. The van der Waals surface area contributed by atoms with Crippen LogP contribution in [0.5, 0.6) is 0 Å². The van der Waals surface area contributed by atoms with E-state index in [0.717, 1.165) is 17.1 Å². The van der Waals surface area contributed by atoms with Crippen LogP contribution in [-0.2, 0) is 0 Å². The van der Waals surface area contributed by atoms with Crippen LogP contribution in [0.3, 0.4) is 0 Å². The number of hydrazone groups is 1. The minimum Gasteiger partial charge on any atom is -0.466 e. The molecule has 0 aromatic carbocycles. The summed E-state index contributed by atoms with van der Waals surface area (Å²) in [6, 6.07) is 5.22. The van der Waals surface area contributed by atoms with Crippen LogP contribution in [0.1, 0.15) is 27.4 Å². The molecule has 1 N–H and O–H groups in total. The van der Waals surface area contributed by atoms with Gasteiger partial charge in [-0.05, 0) is 32.0 Å². The maximum Gasteiger partial charge on any atom is 0.272 e. The van der Waals surface area contributed by atoms with Gasteiger partial charge in [-0.25, -0.2) is 5.43 Å². The van der Waals surface area contributed by atoms with E-state index < -0.39 is 0 Å². The highest BCUT2D eigenvalue weighted by Gasteiger charge is 2.04. The van der Waals surface area contributed by atoms with Crippen LogP contribution in [0, 0.1) is 13.8 Å². The minimum atomic E-state index is -0.294. The van der Waals surface area contributed by atoms with E-state index in [4.69, 9.17) is 4.42 Å². The number of pyridine rings is 1. The van der Waals surface area contributed by atoms with E-state index >= 15 is 0 Å². The summed E-state index contributed by atoms with van der Waals surface area (Å²) in [5, 5.41) is 3.88. The van der Waals surface area contributed by atoms with Gasteiger partial charge in [0.25, 0.3) is 5.91 Å². The summed E-state index contributed by atoms with van der Waals surface area (Å²) in [7, 11) is 0. The molecule has 0 atom stereocenters. The molecule has 2 aromatic heterocycles. The third-order valence-electron chi connectivity index (χ3n) is 2.37. The summed E-state index contributed by atoms with van der Waals surface area (Å²) in [5.74, 6) is 1.29. The van der Waals surface area contributed by atoms with Gasteiger partial charge < -0.3 is 4.42 Å². The van der Waals surface area contributed by atoms with Crippen molar-refractivity contribution in [3.05, 3.63) is 53.2 Å². The van der Waals surface area contributed by atoms with Crippen molar-refractivity contribution in [2.75, 3.05) is 0 Å². The fourth-order valence-corrected chi connectivity index (χ4v) is 1.50. The van der Waals surface area contributed by atoms with Crippen molar-refractivity contribution in [1.82, 2.24) is 10.4 Å². The first-order valence-electron chi connectivity index (χ1n) is 5.47. The van der Waals surface area contributed by atoms with Crippen LogP contribution in [-0.4, -0.2) is 17.1 Å². The highest BCUT2D eigenvalue weighted by molar-refractivity contribution is 5.94. The van der Waals surface area contributed by atoms with E-state index in [-0.39, 0.29) is 5.91 Å². The Bertz CT molecular complexity index is 573. The summed E-state index contributed by atoms with van der Waals surface area (Å²) in [4.78, 5) is 15.5. The first-order chi connectivity index (χ1) is 8.66. The van der Waals surface area contributed by atoms with Crippen molar-refractivity contribution < 1.29 is 9.21 Å². The molecular weight excluding hydrogens is 230 g/mol. The molecule has 5 heteroatoms. The van der Waals surface area contributed by atoms with Gasteiger partial charge in [0.1, 0.15) is 11.5 Å². The molecule has 0 aliphatic heterocycles. The molecule has 0 saturated heterocycles. The molecule has 0 spiro atoms. The lowest BCUT2D eigenvalue weighted by molar-refractivity contribution is 0.0955.